The zero-order valence-electron chi connectivity index (χ0n) is 23.3. The molecule has 0 bridgehead atoms. The van der Waals surface area contributed by atoms with Crippen molar-refractivity contribution in [3.05, 3.63) is 125 Å². The van der Waals surface area contributed by atoms with E-state index in [9.17, 15) is 28.9 Å². The monoisotopic (exact) mass is 575 g/mol. The Morgan fingerprint density at radius 2 is 1.40 bits per heavy atom. The number of benzene rings is 4. The molecule has 42 heavy (non-hydrogen) atoms. The van der Waals surface area contributed by atoms with Crippen molar-refractivity contribution >= 4 is 5.97 Å². The van der Waals surface area contributed by atoms with Crippen LogP contribution < -0.4 is 4.74 Å². The van der Waals surface area contributed by atoms with Gasteiger partial charge >= 0.3 is 5.97 Å². The molecule has 8 heteroatoms. The van der Waals surface area contributed by atoms with E-state index in [1.807, 2.05) is 24.3 Å². The third kappa shape index (κ3) is 9.48. The van der Waals surface area contributed by atoms with E-state index in [1.165, 1.54) is 24.3 Å². The van der Waals surface area contributed by atoms with Crippen LogP contribution in [0.1, 0.15) is 46.3 Å². The zero-order valence-corrected chi connectivity index (χ0v) is 23.3. The number of hydrogen-bond acceptors (Lipinski definition) is 5. The number of aliphatic hydroxyl groups excluding tert-OH is 1. The Morgan fingerprint density at radius 1 is 0.762 bits per heavy atom. The van der Waals surface area contributed by atoms with Gasteiger partial charge in [-0.1, -0.05) is 42.5 Å². The van der Waals surface area contributed by atoms with Crippen LogP contribution in [0.2, 0.25) is 0 Å². The minimum Gasteiger partial charge on any atom is -0.489 e. The van der Waals surface area contributed by atoms with Crippen molar-refractivity contribution in [2.45, 2.75) is 45.1 Å². The Labute approximate surface area is 244 Å². The fraction of sp³-hybridized carbons (Fsp3) is 0.265. The van der Waals surface area contributed by atoms with Gasteiger partial charge in [0, 0.05) is 13.1 Å². The second kappa shape index (κ2) is 15.2. The average Bonchev–Trinajstić information content (AvgIpc) is 2.98. The van der Waals surface area contributed by atoms with E-state index in [1.54, 1.807) is 42.5 Å². The first-order valence-electron chi connectivity index (χ1n) is 13.9. The number of ether oxygens (including phenoxy) is 1. The van der Waals surface area contributed by atoms with Crippen molar-refractivity contribution in [2.75, 3.05) is 13.1 Å². The number of carboxylic acids is 1. The molecule has 0 aliphatic carbocycles. The lowest BCUT2D eigenvalue weighted by atomic mass is 10.0. The normalized spacial score (nSPS) is 11.3. The van der Waals surface area contributed by atoms with Crippen molar-refractivity contribution in [2.24, 2.45) is 0 Å². The second-order valence-corrected chi connectivity index (χ2v) is 10.2. The number of carboxylic acid groups (broad SMARTS) is 1. The number of aromatic carboxylic acids is 1. The molecule has 3 N–H and O–H groups in total. The molecule has 0 unspecified atom stereocenters. The van der Waals surface area contributed by atoms with Crippen molar-refractivity contribution in [3.8, 4) is 16.9 Å². The van der Waals surface area contributed by atoms with Crippen LogP contribution in [0.4, 0.5) is 8.78 Å². The third-order valence-electron chi connectivity index (χ3n) is 7.09. The van der Waals surface area contributed by atoms with Gasteiger partial charge in [-0.15, -0.1) is 0 Å². The van der Waals surface area contributed by atoms with E-state index in [4.69, 9.17) is 4.74 Å². The standard InChI is InChI=1S/C34H35F2NO5/c35-30-13-8-25(9-14-30)26-11-16-32(17-12-26)42-23-29-10-15-31(36)21-28(29)18-20-37(19-2-1-3-33(38)39)22-24-4-6-27(7-5-24)34(40)41/h4-17,21,33,38-39H,1-3,18-20,22-23H2,(H,40,41). The highest BCUT2D eigenvalue weighted by Crippen LogP contribution is 2.24. The van der Waals surface area contributed by atoms with Crippen LogP contribution >= 0.6 is 0 Å². The quantitative estimate of drug-likeness (QED) is 0.112. The maximum absolute atomic E-state index is 14.3. The van der Waals surface area contributed by atoms with E-state index >= 15 is 0 Å². The summed E-state index contributed by atoms with van der Waals surface area (Å²) in [7, 11) is 0. The van der Waals surface area contributed by atoms with Gasteiger partial charge in [-0.3, -0.25) is 4.90 Å². The maximum atomic E-state index is 14.3. The summed E-state index contributed by atoms with van der Waals surface area (Å²) in [6.07, 6.45) is 0.909. The first kappa shape index (κ1) is 30.8. The minimum atomic E-state index is -1.34. The van der Waals surface area contributed by atoms with Crippen molar-refractivity contribution in [1.82, 2.24) is 4.90 Å². The number of unbranched alkanes of at least 4 members (excludes halogenated alkanes) is 1. The zero-order chi connectivity index (χ0) is 29.9. The highest BCUT2D eigenvalue weighted by atomic mass is 19.1. The lowest BCUT2D eigenvalue weighted by Crippen LogP contribution is -2.27. The Morgan fingerprint density at radius 3 is 2.05 bits per heavy atom. The number of carbonyl (C=O) groups is 1. The summed E-state index contributed by atoms with van der Waals surface area (Å²) >= 11 is 0. The molecule has 0 atom stereocenters. The second-order valence-electron chi connectivity index (χ2n) is 10.2. The van der Waals surface area contributed by atoms with Crippen LogP contribution in [-0.4, -0.2) is 45.6 Å². The number of halogens is 2. The van der Waals surface area contributed by atoms with Crippen LogP contribution in [0.5, 0.6) is 5.75 Å². The van der Waals surface area contributed by atoms with Crippen LogP contribution in [0.3, 0.4) is 0 Å². The van der Waals surface area contributed by atoms with Gasteiger partial charge in [0.15, 0.2) is 6.29 Å². The molecule has 0 aromatic heterocycles. The Balaban J connectivity index is 1.40. The molecule has 4 aromatic carbocycles. The molecule has 0 saturated carbocycles. The van der Waals surface area contributed by atoms with Gasteiger partial charge in [-0.2, -0.15) is 0 Å². The fourth-order valence-electron chi connectivity index (χ4n) is 4.74. The molecule has 0 amide bonds. The number of rotatable bonds is 15. The molecule has 0 heterocycles. The van der Waals surface area contributed by atoms with Gasteiger partial charge in [0.05, 0.1) is 5.56 Å². The Kier molecular flexibility index (Phi) is 11.2. The summed E-state index contributed by atoms with van der Waals surface area (Å²) < 4.78 is 33.5. The molecule has 0 aliphatic rings. The van der Waals surface area contributed by atoms with Gasteiger partial charge in [-0.25, -0.2) is 13.6 Å². The summed E-state index contributed by atoms with van der Waals surface area (Å²) in [6, 6.07) is 25.2. The first-order chi connectivity index (χ1) is 20.3. The summed E-state index contributed by atoms with van der Waals surface area (Å²) in [4.78, 5) is 13.4. The molecular weight excluding hydrogens is 540 g/mol. The van der Waals surface area contributed by atoms with E-state index in [0.29, 0.717) is 38.2 Å². The van der Waals surface area contributed by atoms with Gasteiger partial charge < -0.3 is 20.1 Å². The summed E-state index contributed by atoms with van der Waals surface area (Å²) in [5.41, 5.74) is 4.71. The van der Waals surface area contributed by atoms with E-state index in [0.717, 1.165) is 34.2 Å². The van der Waals surface area contributed by atoms with E-state index < -0.39 is 12.3 Å². The summed E-state index contributed by atoms with van der Waals surface area (Å²) in [6.45, 7) is 2.14. The van der Waals surface area contributed by atoms with E-state index in [-0.39, 0.29) is 30.2 Å². The smallest absolute Gasteiger partial charge is 0.335 e. The van der Waals surface area contributed by atoms with Crippen LogP contribution in [-0.2, 0) is 19.6 Å². The Hall–Kier alpha value is -4.11. The summed E-state index contributed by atoms with van der Waals surface area (Å²) in [5.74, 6) is -0.933. The third-order valence-corrected chi connectivity index (χ3v) is 7.09. The molecule has 6 nitrogen and oxygen atoms in total. The predicted molar refractivity (Wildman–Crippen MR) is 157 cm³/mol. The van der Waals surface area contributed by atoms with Gasteiger partial charge in [0.2, 0.25) is 0 Å². The van der Waals surface area contributed by atoms with E-state index in [2.05, 4.69) is 4.90 Å². The van der Waals surface area contributed by atoms with Gasteiger partial charge in [0.25, 0.3) is 0 Å². The lowest BCUT2D eigenvalue weighted by Gasteiger charge is -2.23. The number of nitrogens with zero attached hydrogens (tertiary/aromatic N) is 1. The molecule has 4 rings (SSSR count). The minimum absolute atomic E-state index is 0.219. The van der Waals surface area contributed by atoms with Crippen molar-refractivity contribution < 1.29 is 33.6 Å². The van der Waals surface area contributed by atoms with Crippen LogP contribution in [0.25, 0.3) is 11.1 Å². The maximum Gasteiger partial charge on any atom is 0.335 e. The largest absolute Gasteiger partial charge is 0.489 e. The molecule has 0 saturated heterocycles. The van der Waals surface area contributed by atoms with Crippen LogP contribution in [0, 0.1) is 11.6 Å². The van der Waals surface area contributed by atoms with Gasteiger partial charge in [-0.05, 0) is 109 Å². The van der Waals surface area contributed by atoms with Crippen LogP contribution in [0.15, 0.2) is 91.0 Å². The highest BCUT2D eigenvalue weighted by Gasteiger charge is 2.12. The fourth-order valence-corrected chi connectivity index (χ4v) is 4.74. The molecule has 0 spiro atoms. The Bertz CT molecular complexity index is 1420. The highest BCUT2D eigenvalue weighted by molar-refractivity contribution is 5.87. The van der Waals surface area contributed by atoms with Crippen molar-refractivity contribution in [1.29, 1.82) is 0 Å². The summed E-state index contributed by atoms with van der Waals surface area (Å²) in [5, 5.41) is 27.5. The topological polar surface area (TPSA) is 90.2 Å². The number of hydrogen-bond donors (Lipinski definition) is 3. The van der Waals surface area contributed by atoms with Crippen molar-refractivity contribution in [3.63, 3.8) is 0 Å². The average molecular weight is 576 g/mol. The predicted octanol–water partition coefficient (Wildman–Crippen LogP) is 6.43. The van der Waals surface area contributed by atoms with Gasteiger partial charge in [0.1, 0.15) is 24.0 Å². The molecule has 220 valence electrons. The number of aliphatic hydroxyl groups is 2. The molecule has 0 fully saturated rings. The molecule has 4 aromatic rings. The molecular formula is C34H35F2NO5. The lowest BCUT2D eigenvalue weighted by molar-refractivity contribution is -0.0468. The first-order valence-corrected chi connectivity index (χ1v) is 13.9. The SMILES string of the molecule is O=C(O)c1ccc(CN(CCCCC(O)O)CCc2cc(F)ccc2COc2ccc(-c3ccc(F)cc3)cc2)cc1. The molecule has 0 radical (unpaired) electrons. The molecule has 0 aliphatic heterocycles.